The van der Waals surface area contributed by atoms with E-state index in [1.807, 2.05) is 18.2 Å². The molecule has 4 aromatic rings. The lowest BCUT2D eigenvalue weighted by Gasteiger charge is -2.12. The lowest BCUT2D eigenvalue weighted by Crippen LogP contribution is -2.41. The molecule has 0 radical (unpaired) electrons. The molecule has 1 N–H and O–H groups in total. The molecule has 2 heterocycles. The Kier molecular flexibility index (Phi) is 5.52. The van der Waals surface area contributed by atoms with Crippen LogP contribution in [0.15, 0.2) is 63.5 Å². The Morgan fingerprint density at radius 1 is 1.10 bits per heavy atom. The van der Waals surface area contributed by atoms with Gasteiger partial charge in [-0.05, 0) is 25.1 Å². The SMILES string of the molecule is CCn1c(=O)c2ccccc2n(CC(=O)Nc2nc(-c3ccccc3Cl)cs2)c1=O. The summed E-state index contributed by atoms with van der Waals surface area (Å²) < 4.78 is 2.42. The number of fused-ring (bicyclic) bond motifs is 1. The highest BCUT2D eigenvalue weighted by Crippen LogP contribution is 2.30. The summed E-state index contributed by atoms with van der Waals surface area (Å²) in [5, 5.41) is 5.88. The molecule has 2 aromatic carbocycles. The summed E-state index contributed by atoms with van der Waals surface area (Å²) in [6.07, 6.45) is 0. The van der Waals surface area contributed by atoms with Crippen LogP contribution in [0.1, 0.15) is 6.92 Å². The fraction of sp³-hybridized carbons (Fsp3) is 0.143. The quantitative estimate of drug-likeness (QED) is 0.513. The lowest BCUT2D eigenvalue weighted by molar-refractivity contribution is -0.116. The van der Waals surface area contributed by atoms with Gasteiger partial charge in [-0.15, -0.1) is 11.3 Å². The van der Waals surface area contributed by atoms with Crippen LogP contribution < -0.4 is 16.6 Å². The topological polar surface area (TPSA) is 86.0 Å². The molecule has 152 valence electrons. The standard InChI is InChI=1S/C21H17ClN4O3S/c1-2-25-19(28)14-8-4-6-10-17(14)26(21(25)29)11-18(27)24-20-23-16(12-30-20)13-7-3-5-9-15(13)22/h3-10,12H,2,11H2,1H3,(H,23,24,27). The van der Waals surface area contributed by atoms with E-state index >= 15 is 0 Å². The van der Waals surface area contributed by atoms with Gasteiger partial charge in [-0.3, -0.25) is 18.7 Å². The maximum atomic E-state index is 12.8. The Hall–Kier alpha value is -3.23. The van der Waals surface area contributed by atoms with Crippen molar-refractivity contribution in [2.75, 3.05) is 5.32 Å². The number of carbonyl (C=O) groups excluding carboxylic acids is 1. The maximum absolute atomic E-state index is 12.8. The zero-order chi connectivity index (χ0) is 21.3. The summed E-state index contributed by atoms with van der Waals surface area (Å²) in [5.41, 5.74) is 0.964. The number of nitrogens with one attached hydrogen (secondary N) is 1. The largest absolute Gasteiger partial charge is 0.331 e. The van der Waals surface area contributed by atoms with Crippen molar-refractivity contribution < 1.29 is 4.79 Å². The third-order valence-corrected chi connectivity index (χ3v) is 5.74. The first-order valence-corrected chi connectivity index (χ1v) is 10.5. The van der Waals surface area contributed by atoms with Crippen LogP contribution >= 0.6 is 22.9 Å². The number of benzene rings is 2. The number of carbonyl (C=O) groups is 1. The van der Waals surface area contributed by atoms with Gasteiger partial charge in [-0.1, -0.05) is 41.9 Å². The van der Waals surface area contributed by atoms with Crippen LogP contribution in [0.5, 0.6) is 0 Å². The first-order chi connectivity index (χ1) is 14.5. The number of aromatic nitrogens is 3. The summed E-state index contributed by atoms with van der Waals surface area (Å²) in [6.45, 7) is 1.70. The van der Waals surface area contributed by atoms with Crippen LogP contribution in [-0.4, -0.2) is 20.0 Å². The third-order valence-electron chi connectivity index (χ3n) is 4.65. The highest BCUT2D eigenvalue weighted by atomic mass is 35.5. The van der Waals surface area contributed by atoms with Crippen LogP contribution in [0.3, 0.4) is 0 Å². The van der Waals surface area contributed by atoms with E-state index in [2.05, 4.69) is 10.3 Å². The average Bonchev–Trinajstić information content (AvgIpc) is 3.20. The first-order valence-electron chi connectivity index (χ1n) is 9.22. The van der Waals surface area contributed by atoms with Crippen molar-refractivity contribution >= 4 is 44.9 Å². The monoisotopic (exact) mass is 440 g/mol. The molecule has 7 nitrogen and oxygen atoms in total. The molecular formula is C21H17ClN4O3S. The van der Waals surface area contributed by atoms with E-state index in [0.29, 0.717) is 26.8 Å². The van der Waals surface area contributed by atoms with Gasteiger partial charge in [0.1, 0.15) is 6.54 Å². The summed E-state index contributed by atoms with van der Waals surface area (Å²) >= 11 is 7.47. The number of amides is 1. The molecule has 0 aliphatic carbocycles. The van der Waals surface area contributed by atoms with E-state index in [-0.39, 0.29) is 18.6 Å². The Morgan fingerprint density at radius 3 is 2.60 bits per heavy atom. The lowest BCUT2D eigenvalue weighted by atomic mass is 10.2. The molecule has 4 rings (SSSR count). The van der Waals surface area contributed by atoms with Gasteiger partial charge in [-0.25, -0.2) is 9.78 Å². The zero-order valence-corrected chi connectivity index (χ0v) is 17.5. The zero-order valence-electron chi connectivity index (χ0n) is 16.0. The Morgan fingerprint density at radius 2 is 1.83 bits per heavy atom. The molecule has 0 aliphatic rings. The normalized spacial score (nSPS) is 11.0. The maximum Gasteiger partial charge on any atom is 0.331 e. The molecule has 1 amide bonds. The fourth-order valence-corrected chi connectivity index (χ4v) is 4.19. The highest BCUT2D eigenvalue weighted by molar-refractivity contribution is 7.14. The molecule has 0 saturated carbocycles. The molecule has 2 aromatic heterocycles. The van der Waals surface area contributed by atoms with Crippen molar-refractivity contribution in [3.63, 3.8) is 0 Å². The van der Waals surface area contributed by atoms with E-state index in [1.165, 1.54) is 15.9 Å². The Labute approximate surface area is 180 Å². The summed E-state index contributed by atoms with van der Waals surface area (Å²) in [7, 11) is 0. The van der Waals surface area contributed by atoms with Crippen LogP contribution in [0.25, 0.3) is 22.2 Å². The number of nitrogens with zero attached hydrogens (tertiary/aromatic N) is 3. The smallest absolute Gasteiger partial charge is 0.300 e. The van der Waals surface area contributed by atoms with Crippen molar-refractivity contribution in [2.45, 2.75) is 20.0 Å². The number of thiazole rings is 1. The Balaban J connectivity index is 1.63. The summed E-state index contributed by atoms with van der Waals surface area (Å²) in [5.74, 6) is -0.413. The van der Waals surface area contributed by atoms with E-state index in [9.17, 15) is 14.4 Å². The van der Waals surface area contributed by atoms with Crippen molar-refractivity contribution in [3.05, 3.63) is 79.8 Å². The molecule has 0 bridgehead atoms. The van der Waals surface area contributed by atoms with Crippen LogP contribution in [-0.2, 0) is 17.9 Å². The number of rotatable bonds is 5. The minimum absolute atomic E-state index is 0.220. The molecule has 0 unspecified atom stereocenters. The molecule has 0 spiro atoms. The second kappa shape index (κ2) is 8.25. The van der Waals surface area contributed by atoms with Crippen molar-refractivity contribution in [2.24, 2.45) is 0 Å². The first kappa shape index (κ1) is 20.1. The molecule has 30 heavy (non-hydrogen) atoms. The van der Waals surface area contributed by atoms with Crippen LogP contribution in [0, 0.1) is 0 Å². The summed E-state index contributed by atoms with van der Waals surface area (Å²) in [6, 6.07) is 14.1. The second-order valence-electron chi connectivity index (χ2n) is 6.50. The minimum Gasteiger partial charge on any atom is -0.300 e. The van der Waals surface area contributed by atoms with Crippen LogP contribution in [0.4, 0.5) is 5.13 Å². The van der Waals surface area contributed by atoms with E-state index in [1.54, 1.807) is 42.6 Å². The van der Waals surface area contributed by atoms with E-state index in [0.717, 1.165) is 10.1 Å². The number of halogens is 1. The molecule has 0 aliphatic heterocycles. The van der Waals surface area contributed by atoms with E-state index < -0.39 is 11.6 Å². The van der Waals surface area contributed by atoms with Gasteiger partial charge in [0.25, 0.3) is 5.56 Å². The van der Waals surface area contributed by atoms with Gasteiger partial charge in [-0.2, -0.15) is 0 Å². The highest BCUT2D eigenvalue weighted by Gasteiger charge is 2.16. The van der Waals surface area contributed by atoms with Crippen molar-refractivity contribution in [1.82, 2.24) is 14.1 Å². The average molecular weight is 441 g/mol. The van der Waals surface area contributed by atoms with E-state index in [4.69, 9.17) is 11.6 Å². The predicted molar refractivity (Wildman–Crippen MR) is 119 cm³/mol. The number of para-hydroxylation sites is 1. The van der Waals surface area contributed by atoms with Gasteiger partial charge in [0.15, 0.2) is 5.13 Å². The number of hydrogen-bond acceptors (Lipinski definition) is 5. The van der Waals surface area contributed by atoms with Gasteiger partial charge in [0, 0.05) is 22.5 Å². The second-order valence-corrected chi connectivity index (χ2v) is 7.77. The molecule has 9 heteroatoms. The van der Waals surface area contributed by atoms with Crippen molar-refractivity contribution in [3.8, 4) is 11.3 Å². The number of anilines is 1. The third kappa shape index (κ3) is 3.67. The Bertz CT molecular complexity index is 1370. The molecule has 0 fully saturated rings. The van der Waals surface area contributed by atoms with Crippen molar-refractivity contribution in [1.29, 1.82) is 0 Å². The molecule has 0 atom stereocenters. The van der Waals surface area contributed by atoms with Gasteiger partial charge >= 0.3 is 5.69 Å². The molecule has 0 saturated heterocycles. The minimum atomic E-state index is -0.521. The summed E-state index contributed by atoms with van der Waals surface area (Å²) in [4.78, 5) is 42.3. The predicted octanol–water partition coefficient (Wildman–Crippen LogP) is 3.60. The van der Waals surface area contributed by atoms with Gasteiger partial charge in [0.2, 0.25) is 5.91 Å². The van der Waals surface area contributed by atoms with Crippen LogP contribution in [0.2, 0.25) is 5.02 Å². The number of hydrogen-bond donors (Lipinski definition) is 1. The molecular weight excluding hydrogens is 424 g/mol. The van der Waals surface area contributed by atoms with Gasteiger partial charge < -0.3 is 5.32 Å². The van der Waals surface area contributed by atoms with Gasteiger partial charge in [0.05, 0.1) is 16.6 Å². The fourth-order valence-electron chi connectivity index (χ4n) is 3.23.